The molecule has 0 saturated carbocycles. The van der Waals surface area contributed by atoms with Gasteiger partial charge in [-0.3, -0.25) is 4.79 Å². The fourth-order valence-corrected chi connectivity index (χ4v) is 1.53. The number of carbonyl (C=O) groups is 1. The number of nitrogens with one attached hydrogen (secondary N) is 1. The molecule has 0 spiro atoms. The second-order valence-corrected chi connectivity index (χ2v) is 3.95. The molecule has 0 unspecified atom stereocenters. The number of benzene rings is 1. The van der Waals surface area contributed by atoms with E-state index in [2.05, 4.69) is 5.32 Å². The van der Waals surface area contributed by atoms with Crippen LogP contribution in [0, 0.1) is 0 Å². The lowest BCUT2D eigenvalue weighted by Gasteiger charge is -2.07. The van der Waals surface area contributed by atoms with Crippen LogP contribution >= 0.6 is 0 Å². The van der Waals surface area contributed by atoms with Crippen LogP contribution in [-0.4, -0.2) is 17.6 Å². The van der Waals surface area contributed by atoms with Gasteiger partial charge >= 0.3 is 0 Å². The van der Waals surface area contributed by atoms with Crippen molar-refractivity contribution in [1.82, 2.24) is 5.32 Å². The molecule has 1 amide bonds. The minimum atomic E-state index is -0.231. The number of amides is 1. The number of carbonyl (C=O) groups excluding carboxylic acids is 1. The summed E-state index contributed by atoms with van der Waals surface area (Å²) in [6, 6.07) is 10.5. The van der Waals surface area contributed by atoms with Crippen LogP contribution in [-0.2, 0) is 17.9 Å². The normalized spacial score (nSPS) is 10.2. The molecule has 0 saturated heterocycles. The number of aliphatic hydroxyl groups is 1. The molecule has 0 fully saturated rings. The third-order valence-corrected chi connectivity index (χ3v) is 2.49. The monoisotopic (exact) mass is 261 g/mol. The SMILES string of the molecule is O=C(COc1cccc(CO)c1)NCc1ccco1. The Morgan fingerprint density at radius 3 is 2.95 bits per heavy atom. The van der Waals surface area contributed by atoms with Crippen molar-refractivity contribution in [3.63, 3.8) is 0 Å². The predicted octanol–water partition coefficient (Wildman–Crippen LogP) is 1.47. The molecule has 1 aromatic carbocycles. The zero-order chi connectivity index (χ0) is 13.5. The average molecular weight is 261 g/mol. The average Bonchev–Trinajstić information content (AvgIpc) is 2.96. The molecule has 0 aliphatic carbocycles. The van der Waals surface area contributed by atoms with E-state index in [0.29, 0.717) is 18.1 Å². The maximum Gasteiger partial charge on any atom is 0.258 e. The fraction of sp³-hybridized carbons (Fsp3) is 0.214. The van der Waals surface area contributed by atoms with Crippen LogP contribution in [0.2, 0.25) is 0 Å². The van der Waals surface area contributed by atoms with Crippen LogP contribution in [0.5, 0.6) is 5.75 Å². The van der Waals surface area contributed by atoms with Gasteiger partial charge in [0.2, 0.25) is 0 Å². The predicted molar refractivity (Wildman–Crippen MR) is 68.4 cm³/mol. The van der Waals surface area contributed by atoms with E-state index in [4.69, 9.17) is 14.3 Å². The van der Waals surface area contributed by atoms with Crippen LogP contribution in [0.1, 0.15) is 11.3 Å². The number of rotatable bonds is 6. The lowest BCUT2D eigenvalue weighted by Crippen LogP contribution is -2.28. The van der Waals surface area contributed by atoms with Crippen LogP contribution in [0.4, 0.5) is 0 Å². The van der Waals surface area contributed by atoms with E-state index in [1.807, 2.05) is 0 Å². The molecule has 2 aromatic rings. The number of furan rings is 1. The van der Waals surface area contributed by atoms with Crippen LogP contribution < -0.4 is 10.1 Å². The number of aliphatic hydroxyl groups excluding tert-OH is 1. The highest BCUT2D eigenvalue weighted by molar-refractivity contribution is 5.77. The summed E-state index contributed by atoms with van der Waals surface area (Å²) in [6.07, 6.45) is 1.55. The summed E-state index contributed by atoms with van der Waals surface area (Å²) in [5.74, 6) is 1.01. The van der Waals surface area contributed by atoms with Crippen molar-refractivity contribution in [2.75, 3.05) is 6.61 Å². The molecule has 19 heavy (non-hydrogen) atoms. The van der Waals surface area contributed by atoms with Crippen LogP contribution in [0.3, 0.4) is 0 Å². The number of hydrogen-bond acceptors (Lipinski definition) is 4. The van der Waals surface area contributed by atoms with Crippen molar-refractivity contribution in [3.05, 3.63) is 54.0 Å². The zero-order valence-corrected chi connectivity index (χ0v) is 10.3. The Bertz CT molecular complexity index is 522. The Balaban J connectivity index is 1.76. The molecule has 100 valence electrons. The highest BCUT2D eigenvalue weighted by Crippen LogP contribution is 2.12. The molecule has 0 bridgehead atoms. The maximum absolute atomic E-state index is 11.5. The second kappa shape index (κ2) is 6.61. The molecule has 0 aliphatic heterocycles. The third kappa shape index (κ3) is 4.15. The van der Waals surface area contributed by atoms with Gasteiger partial charge in [-0.25, -0.2) is 0 Å². The molecular formula is C14H15NO4. The molecule has 0 aliphatic rings. The Hall–Kier alpha value is -2.27. The Morgan fingerprint density at radius 1 is 1.32 bits per heavy atom. The van der Waals surface area contributed by atoms with Crippen molar-refractivity contribution >= 4 is 5.91 Å². The van der Waals surface area contributed by atoms with Gasteiger partial charge in [0, 0.05) is 0 Å². The van der Waals surface area contributed by atoms with Crippen LogP contribution in [0.25, 0.3) is 0 Å². The first-order valence-electron chi connectivity index (χ1n) is 5.89. The smallest absolute Gasteiger partial charge is 0.258 e. The topological polar surface area (TPSA) is 71.7 Å². The minimum absolute atomic E-state index is 0.0537. The summed E-state index contributed by atoms with van der Waals surface area (Å²) >= 11 is 0. The van der Waals surface area contributed by atoms with Gasteiger partial charge in [-0.2, -0.15) is 0 Å². The largest absolute Gasteiger partial charge is 0.484 e. The molecule has 2 N–H and O–H groups in total. The summed E-state index contributed by atoms with van der Waals surface area (Å²) in [4.78, 5) is 11.5. The molecular weight excluding hydrogens is 246 g/mol. The van der Waals surface area contributed by atoms with E-state index in [1.165, 1.54) is 0 Å². The van der Waals surface area contributed by atoms with Crippen molar-refractivity contribution in [2.24, 2.45) is 0 Å². The summed E-state index contributed by atoms with van der Waals surface area (Å²) in [5.41, 5.74) is 0.744. The summed E-state index contributed by atoms with van der Waals surface area (Å²) in [6.45, 7) is 0.212. The van der Waals surface area contributed by atoms with E-state index in [-0.39, 0.29) is 19.1 Å². The summed E-state index contributed by atoms with van der Waals surface area (Å²) < 4.78 is 10.4. The Morgan fingerprint density at radius 2 is 2.21 bits per heavy atom. The quantitative estimate of drug-likeness (QED) is 0.826. The van der Waals surface area contributed by atoms with Gasteiger partial charge in [-0.15, -0.1) is 0 Å². The first-order valence-corrected chi connectivity index (χ1v) is 5.89. The van der Waals surface area contributed by atoms with E-state index >= 15 is 0 Å². The number of ether oxygens (including phenoxy) is 1. The summed E-state index contributed by atoms with van der Waals surface area (Å²) in [7, 11) is 0. The molecule has 1 aromatic heterocycles. The van der Waals surface area contributed by atoms with E-state index < -0.39 is 0 Å². The maximum atomic E-state index is 11.5. The second-order valence-electron chi connectivity index (χ2n) is 3.95. The van der Waals surface area contributed by atoms with Gasteiger partial charge in [-0.05, 0) is 29.8 Å². The van der Waals surface area contributed by atoms with E-state index in [1.54, 1.807) is 42.7 Å². The first-order chi connectivity index (χ1) is 9.28. The standard InChI is InChI=1S/C14H15NO4/c16-9-11-3-1-4-12(7-11)19-10-14(17)15-8-13-5-2-6-18-13/h1-7,16H,8-10H2,(H,15,17). The third-order valence-electron chi connectivity index (χ3n) is 2.49. The van der Waals surface area contributed by atoms with Crippen LogP contribution in [0.15, 0.2) is 47.1 Å². The molecule has 5 nitrogen and oxygen atoms in total. The van der Waals surface area contributed by atoms with Gasteiger partial charge in [0.05, 0.1) is 19.4 Å². The highest BCUT2D eigenvalue weighted by atomic mass is 16.5. The number of hydrogen-bond donors (Lipinski definition) is 2. The minimum Gasteiger partial charge on any atom is -0.484 e. The molecule has 0 atom stereocenters. The van der Waals surface area contributed by atoms with Crippen molar-refractivity contribution in [2.45, 2.75) is 13.2 Å². The van der Waals surface area contributed by atoms with Gasteiger partial charge in [0.15, 0.2) is 6.61 Å². The lowest BCUT2D eigenvalue weighted by molar-refractivity contribution is -0.123. The molecule has 2 rings (SSSR count). The van der Waals surface area contributed by atoms with Gasteiger partial charge < -0.3 is 19.6 Å². The first kappa shape index (κ1) is 13.2. The van der Waals surface area contributed by atoms with E-state index in [0.717, 1.165) is 5.56 Å². The highest BCUT2D eigenvalue weighted by Gasteiger charge is 2.04. The molecule has 5 heteroatoms. The molecule has 1 heterocycles. The van der Waals surface area contributed by atoms with Crippen molar-refractivity contribution < 1.29 is 19.1 Å². The fourth-order valence-electron chi connectivity index (χ4n) is 1.53. The zero-order valence-electron chi connectivity index (χ0n) is 10.3. The summed E-state index contributed by atoms with van der Waals surface area (Å²) in [5, 5.41) is 11.7. The van der Waals surface area contributed by atoms with Crippen molar-refractivity contribution in [3.8, 4) is 5.75 Å². The lowest BCUT2D eigenvalue weighted by atomic mass is 10.2. The van der Waals surface area contributed by atoms with Gasteiger partial charge in [-0.1, -0.05) is 12.1 Å². The molecule has 0 radical (unpaired) electrons. The van der Waals surface area contributed by atoms with Gasteiger partial charge in [0.25, 0.3) is 5.91 Å². The Labute approximate surface area is 110 Å². The van der Waals surface area contributed by atoms with E-state index in [9.17, 15) is 4.79 Å². The van der Waals surface area contributed by atoms with Gasteiger partial charge in [0.1, 0.15) is 11.5 Å². The van der Waals surface area contributed by atoms with Crippen molar-refractivity contribution in [1.29, 1.82) is 0 Å². The Kier molecular flexibility index (Phi) is 4.58.